The lowest BCUT2D eigenvalue weighted by molar-refractivity contribution is -0.137. The lowest BCUT2D eigenvalue weighted by Gasteiger charge is -2.12. The predicted molar refractivity (Wildman–Crippen MR) is 87.7 cm³/mol. The van der Waals surface area contributed by atoms with Crippen molar-refractivity contribution in [1.82, 2.24) is 10.2 Å². The number of hydrogen-bond donors (Lipinski definition) is 3. The lowest BCUT2D eigenvalue weighted by atomic mass is 10.0. The van der Waals surface area contributed by atoms with Gasteiger partial charge in [-0.1, -0.05) is 23.7 Å². The van der Waals surface area contributed by atoms with Crippen LogP contribution in [0.5, 0.6) is 0 Å². The number of methoxy groups -OCH3 is 1. The second-order valence-corrected chi connectivity index (χ2v) is 5.23. The number of hydrogen-bond acceptors (Lipinski definition) is 6. The van der Waals surface area contributed by atoms with E-state index in [-0.39, 0.29) is 11.6 Å². The number of aromatic nitrogens is 2. The van der Waals surface area contributed by atoms with E-state index in [0.717, 1.165) is 0 Å². The number of anilines is 1. The van der Waals surface area contributed by atoms with Crippen LogP contribution in [-0.4, -0.2) is 34.5 Å². The Kier molecular flexibility index (Phi) is 5.67. The number of amides is 1. The number of ether oxygens (including phenoxy) is 1. The Balaban J connectivity index is 2.26. The first-order valence-corrected chi connectivity index (χ1v) is 7.24. The molecule has 1 heterocycles. The third kappa shape index (κ3) is 4.40. The number of halogens is 1. The molecule has 0 radical (unpaired) electrons. The summed E-state index contributed by atoms with van der Waals surface area (Å²) in [7, 11) is 1.27. The van der Waals surface area contributed by atoms with Crippen LogP contribution in [0.25, 0.3) is 11.3 Å². The maximum atomic E-state index is 11.1. The van der Waals surface area contributed by atoms with Gasteiger partial charge in [-0.3, -0.25) is 10.1 Å². The number of nitrogens with two attached hydrogens (primary N) is 1. The molecule has 0 aliphatic carbocycles. The molecule has 0 aliphatic heterocycles. The van der Waals surface area contributed by atoms with Crippen LogP contribution in [0.4, 0.5) is 10.5 Å². The lowest BCUT2D eigenvalue weighted by Crippen LogP contribution is -2.16. The van der Waals surface area contributed by atoms with E-state index in [4.69, 9.17) is 22.4 Å². The summed E-state index contributed by atoms with van der Waals surface area (Å²) in [5.74, 6) is -1.03. The second-order valence-electron chi connectivity index (χ2n) is 4.87. The summed E-state index contributed by atoms with van der Waals surface area (Å²) >= 11 is 5.95. The molecule has 2 aromatic rings. The van der Waals surface area contributed by atoms with Gasteiger partial charge in [-0.25, -0.2) is 4.79 Å². The fourth-order valence-corrected chi connectivity index (χ4v) is 2.22. The first-order chi connectivity index (χ1) is 11.4. The summed E-state index contributed by atoms with van der Waals surface area (Å²) in [6.45, 7) is 0. The van der Waals surface area contributed by atoms with E-state index >= 15 is 0 Å². The zero-order chi connectivity index (χ0) is 17.7. The van der Waals surface area contributed by atoms with E-state index in [2.05, 4.69) is 20.3 Å². The van der Waals surface area contributed by atoms with Crippen LogP contribution in [0.1, 0.15) is 18.0 Å². The quantitative estimate of drug-likeness (QED) is 0.755. The van der Waals surface area contributed by atoms with Crippen molar-refractivity contribution in [3.05, 3.63) is 41.0 Å². The van der Waals surface area contributed by atoms with E-state index in [1.54, 1.807) is 30.3 Å². The smallest absolute Gasteiger partial charge is 0.411 e. The molecule has 1 aromatic heterocycles. The molecule has 0 fully saturated rings. The van der Waals surface area contributed by atoms with Crippen molar-refractivity contribution >= 4 is 29.4 Å². The number of carbonyl (C=O) groups is 2. The molecule has 126 valence electrons. The number of carboxylic acid groups (broad SMARTS) is 1. The normalized spacial score (nSPS) is 11.6. The van der Waals surface area contributed by atoms with Crippen LogP contribution in [-0.2, 0) is 9.53 Å². The maximum Gasteiger partial charge on any atom is 0.411 e. The topological polar surface area (TPSA) is 127 Å². The number of nitrogens with zero attached hydrogens (tertiary/aromatic N) is 2. The first-order valence-electron chi connectivity index (χ1n) is 6.86. The van der Waals surface area contributed by atoms with Crippen molar-refractivity contribution in [3.8, 4) is 11.3 Å². The number of aliphatic carboxylic acids is 1. The van der Waals surface area contributed by atoms with Crippen molar-refractivity contribution in [3.63, 3.8) is 0 Å². The fourth-order valence-electron chi connectivity index (χ4n) is 1.98. The molecule has 8 nitrogen and oxygen atoms in total. The molecule has 0 aliphatic rings. The summed E-state index contributed by atoms with van der Waals surface area (Å²) in [5.41, 5.74) is 7.99. The van der Waals surface area contributed by atoms with Crippen LogP contribution in [0.2, 0.25) is 5.15 Å². The summed E-state index contributed by atoms with van der Waals surface area (Å²) in [5, 5.41) is 19.2. The number of nitrogens with one attached hydrogen (secondary N) is 1. The second kappa shape index (κ2) is 7.71. The van der Waals surface area contributed by atoms with Crippen LogP contribution >= 0.6 is 11.6 Å². The Morgan fingerprint density at radius 2 is 2.00 bits per heavy atom. The zero-order valence-corrected chi connectivity index (χ0v) is 13.4. The van der Waals surface area contributed by atoms with Gasteiger partial charge in [-0.05, 0) is 18.2 Å². The highest BCUT2D eigenvalue weighted by molar-refractivity contribution is 6.30. The highest BCUT2D eigenvalue weighted by Crippen LogP contribution is 2.26. The molecule has 4 N–H and O–H groups in total. The Labute approximate surface area is 142 Å². The number of carbonyl (C=O) groups excluding carboxylic acids is 1. The van der Waals surface area contributed by atoms with E-state index < -0.39 is 18.1 Å². The summed E-state index contributed by atoms with van der Waals surface area (Å²) in [6, 6.07) is 7.58. The molecule has 2 rings (SSSR count). The van der Waals surface area contributed by atoms with Gasteiger partial charge in [0, 0.05) is 22.9 Å². The van der Waals surface area contributed by atoms with Gasteiger partial charge in [-0.2, -0.15) is 0 Å². The molecular formula is C15H15ClN4O4. The Bertz CT molecular complexity index is 752. The molecule has 1 aromatic carbocycles. The van der Waals surface area contributed by atoms with Gasteiger partial charge in [0.15, 0.2) is 5.15 Å². The zero-order valence-electron chi connectivity index (χ0n) is 12.7. The summed E-state index contributed by atoms with van der Waals surface area (Å²) in [6.07, 6.45) is -0.844. The number of benzene rings is 1. The number of rotatable bonds is 5. The van der Waals surface area contributed by atoms with E-state index in [1.807, 2.05) is 0 Å². The summed E-state index contributed by atoms with van der Waals surface area (Å²) < 4.78 is 4.51. The minimum absolute atomic E-state index is 0.0662. The largest absolute Gasteiger partial charge is 0.481 e. The van der Waals surface area contributed by atoms with Gasteiger partial charge in [0.25, 0.3) is 0 Å². The number of carboxylic acids is 1. The highest BCUT2D eigenvalue weighted by Gasteiger charge is 2.17. The molecule has 1 amide bonds. The van der Waals surface area contributed by atoms with Crippen molar-refractivity contribution in [1.29, 1.82) is 0 Å². The first kappa shape index (κ1) is 17.6. The Morgan fingerprint density at radius 3 is 2.58 bits per heavy atom. The third-order valence-electron chi connectivity index (χ3n) is 3.18. The van der Waals surface area contributed by atoms with Gasteiger partial charge in [-0.15, -0.1) is 10.2 Å². The molecule has 0 bridgehead atoms. The van der Waals surface area contributed by atoms with Crippen molar-refractivity contribution < 1.29 is 19.4 Å². The predicted octanol–water partition coefficient (Wildman–Crippen LogP) is 2.45. The van der Waals surface area contributed by atoms with Gasteiger partial charge >= 0.3 is 12.1 Å². The molecule has 0 spiro atoms. The monoisotopic (exact) mass is 350 g/mol. The fraction of sp³-hybridized carbons (Fsp3) is 0.200. The average Bonchev–Trinajstić information content (AvgIpc) is 2.55. The molecule has 0 saturated heterocycles. The van der Waals surface area contributed by atoms with Crippen LogP contribution in [0, 0.1) is 0 Å². The average molecular weight is 351 g/mol. The van der Waals surface area contributed by atoms with Crippen molar-refractivity contribution in [2.45, 2.75) is 12.5 Å². The summed E-state index contributed by atoms with van der Waals surface area (Å²) in [4.78, 5) is 21.9. The minimum atomic E-state index is -1.03. The minimum Gasteiger partial charge on any atom is -0.481 e. The Hall–Kier alpha value is -2.71. The van der Waals surface area contributed by atoms with Gasteiger partial charge in [0.1, 0.15) is 0 Å². The van der Waals surface area contributed by atoms with Crippen molar-refractivity contribution in [2.24, 2.45) is 5.73 Å². The molecule has 24 heavy (non-hydrogen) atoms. The van der Waals surface area contributed by atoms with Gasteiger partial charge in [0.05, 0.1) is 19.2 Å². The van der Waals surface area contributed by atoms with E-state index in [9.17, 15) is 9.59 Å². The van der Waals surface area contributed by atoms with Gasteiger partial charge < -0.3 is 15.6 Å². The van der Waals surface area contributed by atoms with E-state index in [0.29, 0.717) is 22.5 Å². The third-order valence-corrected chi connectivity index (χ3v) is 3.48. The standard InChI is InChI=1S/C15H15ClN4O4/c1-24-15(23)18-9-4-2-8(3-5-9)12-6-10(14(16)20-19-12)11(17)7-13(21)22/h2-6,11H,7,17H2,1H3,(H,18,23)(H,21,22). The molecule has 9 heteroatoms. The van der Waals surface area contributed by atoms with Crippen LogP contribution in [0.3, 0.4) is 0 Å². The molecular weight excluding hydrogens is 336 g/mol. The molecule has 0 saturated carbocycles. The molecule has 1 unspecified atom stereocenters. The highest BCUT2D eigenvalue weighted by atomic mass is 35.5. The van der Waals surface area contributed by atoms with Crippen LogP contribution in [0.15, 0.2) is 30.3 Å². The van der Waals surface area contributed by atoms with E-state index in [1.165, 1.54) is 7.11 Å². The van der Waals surface area contributed by atoms with Crippen LogP contribution < -0.4 is 11.1 Å². The maximum absolute atomic E-state index is 11.1. The molecule has 1 atom stereocenters. The Morgan fingerprint density at radius 1 is 1.33 bits per heavy atom. The SMILES string of the molecule is COC(=O)Nc1ccc(-c2cc(C(N)CC(=O)O)c(Cl)nn2)cc1. The van der Waals surface area contributed by atoms with Gasteiger partial charge in [0.2, 0.25) is 0 Å². The van der Waals surface area contributed by atoms with Crippen molar-refractivity contribution in [2.75, 3.05) is 12.4 Å².